The van der Waals surface area contributed by atoms with Crippen LogP contribution in [0.2, 0.25) is 0 Å². The van der Waals surface area contributed by atoms with Crippen LogP contribution in [0.25, 0.3) is 0 Å². The number of aryl methyl sites for hydroxylation is 2. The van der Waals surface area contributed by atoms with Crippen LogP contribution in [0.4, 0.5) is 0 Å². The monoisotopic (exact) mass is 450 g/mol. The second kappa shape index (κ2) is 11.9. The summed E-state index contributed by atoms with van der Waals surface area (Å²) in [6.45, 7) is 5.84. The highest BCUT2D eigenvalue weighted by atomic mass is 16.5. The smallest absolute Gasteiger partial charge is 0.310 e. The van der Waals surface area contributed by atoms with Crippen molar-refractivity contribution in [2.75, 3.05) is 6.61 Å². The van der Waals surface area contributed by atoms with Crippen LogP contribution < -0.4 is 10.1 Å². The number of amides is 1. The number of esters is 1. The van der Waals surface area contributed by atoms with E-state index >= 15 is 0 Å². The maximum atomic E-state index is 12.3. The SMILES string of the molecule is CCCC(NC(=O)COC(=O)Cc1ccc(OCc2c(C)noc2C)cc1)c1ccccc1. The van der Waals surface area contributed by atoms with E-state index in [1.54, 1.807) is 24.3 Å². The predicted octanol–water partition coefficient (Wildman–Crippen LogP) is 4.61. The Morgan fingerprint density at radius 3 is 2.42 bits per heavy atom. The van der Waals surface area contributed by atoms with Crippen molar-refractivity contribution in [3.63, 3.8) is 0 Å². The fourth-order valence-electron chi connectivity index (χ4n) is 3.46. The van der Waals surface area contributed by atoms with E-state index < -0.39 is 5.97 Å². The first-order valence-electron chi connectivity index (χ1n) is 11.1. The van der Waals surface area contributed by atoms with Crippen LogP contribution in [0.3, 0.4) is 0 Å². The van der Waals surface area contributed by atoms with Crippen LogP contribution in [0.15, 0.2) is 59.1 Å². The summed E-state index contributed by atoms with van der Waals surface area (Å²) in [7, 11) is 0. The maximum Gasteiger partial charge on any atom is 0.310 e. The van der Waals surface area contributed by atoms with Crippen molar-refractivity contribution in [1.29, 1.82) is 0 Å². The minimum atomic E-state index is -0.457. The van der Waals surface area contributed by atoms with E-state index in [4.69, 9.17) is 14.0 Å². The lowest BCUT2D eigenvalue weighted by atomic mass is 10.0. The molecular formula is C26H30N2O5. The van der Waals surface area contributed by atoms with E-state index in [0.717, 1.165) is 41.0 Å². The van der Waals surface area contributed by atoms with E-state index in [9.17, 15) is 9.59 Å². The van der Waals surface area contributed by atoms with E-state index in [-0.39, 0.29) is 25.0 Å². The molecule has 1 aromatic heterocycles. The third-order valence-corrected chi connectivity index (χ3v) is 5.31. The summed E-state index contributed by atoms with van der Waals surface area (Å²) in [6, 6.07) is 16.9. The molecule has 0 saturated carbocycles. The van der Waals surface area contributed by atoms with Gasteiger partial charge >= 0.3 is 5.97 Å². The molecule has 33 heavy (non-hydrogen) atoms. The molecule has 1 unspecified atom stereocenters. The molecule has 0 aliphatic heterocycles. The molecule has 0 bridgehead atoms. The van der Waals surface area contributed by atoms with Gasteiger partial charge < -0.3 is 19.3 Å². The minimum Gasteiger partial charge on any atom is -0.489 e. The number of nitrogens with zero attached hydrogens (tertiary/aromatic N) is 1. The number of carbonyl (C=O) groups excluding carboxylic acids is 2. The van der Waals surface area contributed by atoms with Gasteiger partial charge in [-0.05, 0) is 43.5 Å². The Hall–Kier alpha value is -3.61. The Kier molecular flexibility index (Phi) is 8.63. The van der Waals surface area contributed by atoms with Gasteiger partial charge in [-0.25, -0.2) is 0 Å². The fraction of sp³-hybridized carbons (Fsp3) is 0.346. The van der Waals surface area contributed by atoms with Crippen LogP contribution in [0, 0.1) is 13.8 Å². The molecule has 0 fully saturated rings. The lowest BCUT2D eigenvalue weighted by Crippen LogP contribution is -2.32. The third-order valence-electron chi connectivity index (χ3n) is 5.31. The number of aromatic nitrogens is 1. The van der Waals surface area contributed by atoms with Gasteiger partial charge in [0, 0.05) is 0 Å². The van der Waals surface area contributed by atoms with Crippen molar-refractivity contribution < 1.29 is 23.6 Å². The summed E-state index contributed by atoms with van der Waals surface area (Å²) in [4.78, 5) is 24.5. The van der Waals surface area contributed by atoms with Crippen molar-refractivity contribution in [2.24, 2.45) is 0 Å². The summed E-state index contributed by atoms with van der Waals surface area (Å²) >= 11 is 0. The third kappa shape index (κ3) is 7.20. The standard InChI is InChI=1S/C26H30N2O5/c1-4-8-24(21-9-6-5-7-10-21)27-25(29)17-32-26(30)15-20-11-13-22(14-12-20)31-16-23-18(2)28-33-19(23)3/h5-7,9-14,24H,4,8,15-17H2,1-3H3,(H,27,29). The predicted molar refractivity (Wildman–Crippen MR) is 124 cm³/mol. The number of benzene rings is 2. The van der Waals surface area contributed by atoms with Crippen molar-refractivity contribution in [3.8, 4) is 5.75 Å². The van der Waals surface area contributed by atoms with Gasteiger partial charge in [-0.1, -0.05) is 61.0 Å². The largest absolute Gasteiger partial charge is 0.489 e. The zero-order valence-electron chi connectivity index (χ0n) is 19.3. The van der Waals surface area contributed by atoms with Gasteiger partial charge in [0.05, 0.1) is 23.7 Å². The molecule has 7 heteroatoms. The van der Waals surface area contributed by atoms with Gasteiger partial charge in [0.25, 0.3) is 5.91 Å². The topological polar surface area (TPSA) is 90.7 Å². The highest BCUT2D eigenvalue weighted by Crippen LogP contribution is 2.19. The Bertz CT molecular complexity index is 1020. The summed E-state index contributed by atoms with van der Waals surface area (Å²) < 4.78 is 16.1. The van der Waals surface area contributed by atoms with E-state index in [2.05, 4.69) is 17.4 Å². The van der Waals surface area contributed by atoms with E-state index in [0.29, 0.717) is 12.4 Å². The van der Waals surface area contributed by atoms with Gasteiger partial charge in [-0.3, -0.25) is 9.59 Å². The minimum absolute atomic E-state index is 0.0779. The second-order valence-electron chi connectivity index (χ2n) is 7.89. The van der Waals surface area contributed by atoms with E-state index in [1.165, 1.54) is 0 Å². The molecular weight excluding hydrogens is 420 g/mol. The second-order valence-corrected chi connectivity index (χ2v) is 7.89. The molecule has 1 N–H and O–H groups in total. The molecule has 1 heterocycles. The summed E-state index contributed by atoms with van der Waals surface area (Å²) in [5.74, 6) is 0.644. The van der Waals surface area contributed by atoms with Gasteiger partial charge in [-0.2, -0.15) is 0 Å². The first-order valence-corrected chi connectivity index (χ1v) is 11.1. The van der Waals surface area contributed by atoms with Crippen molar-refractivity contribution in [3.05, 3.63) is 82.7 Å². The average Bonchev–Trinajstić information content (AvgIpc) is 3.14. The van der Waals surface area contributed by atoms with Crippen LogP contribution in [0.5, 0.6) is 5.75 Å². The Morgan fingerprint density at radius 2 is 1.79 bits per heavy atom. The Labute approximate surface area is 194 Å². The van der Waals surface area contributed by atoms with Crippen LogP contribution >= 0.6 is 0 Å². The molecule has 174 valence electrons. The van der Waals surface area contributed by atoms with Gasteiger partial charge in [-0.15, -0.1) is 0 Å². The number of rotatable bonds is 11. The summed E-state index contributed by atoms with van der Waals surface area (Å²) in [5.41, 5.74) is 3.55. The van der Waals surface area contributed by atoms with Crippen LogP contribution in [0.1, 0.15) is 54.0 Å². The molecule has 1 atom stereocenters. The van der Waals surface area contributed by atoms with Crippen LogP contribution in [-0.2, 0) is 27.4 Å². The molecule has 0 saturated heterocycles. The molecule has 0 aliphatic rings. The van der Waals surface area contributed by atoms with E-state index in [1.807, 2.05) is 44.2 Å². The number of hydrogen-bond acceptors (Lipinski definition) is 6. The van der Waals surface area contributed by atoms with Crippen molar-refractivity contribution in [2.45, 2.75) is 52.7 Å². The molecule has 0 aliphatic carbocycles. The zero-order chi connectivity index (χ0) is 23.6. The fourth-order valence-corrected chi connectivity index (χ4v) is 3.46. The number of nitrogens with one attached hydrogen (secondary N) is 1. The summed E-state index contributed by atoms with van der Waals surface area (Å²) in [6.07, 6.45) is 1.82. The lowest BCUT2D eigenvalue weighted by Gasteiger charge is -2.18. The maximum absolute atomic E-state index is 12.3. The molecule has 0 radical (unpaired) electrons. The quantitative estimate of drug-likeness (QED) is 0.429. The molecule has 3 rings (SSSR count). The molecule has 0 spiro atoms. The average molecular weight is 451 g/mol. The van der Waals surface area contributed by atoms with Gasteiger partial charge in [0.1, 0.15) is 18.1 Å². The highest BCUT2D eigenvalue weighted by Gasteiger charge is 2.15. The Morgan fingerprint density at radius 1 is 1.06 bits per heavy atom. The molecule has 1 amide bonds. The molecule has 2 aromatic carbocycles. The Balaban J connectivity index is 1.44. The van der Waals surface area contributed by atoms with Gasteiger partial charge in [0.15, 0.2) is 6.61 Å². The first-order chi connectivity index (χ1) is 16.0. The lowest BCUT2D eigenvalue weighted by molar-refractivity contribution is -0.148. The molecule has 7 nitrogen and oxygen atoms in total. The number of ether oxygens (including phenoxy) is 2. The summed E-state index contributed by atoms with van der Waals surface area (Å²) in [5, 5.41) is 6.86. The number of hydrogen-bond donors (Lipinski definition) is 1. The van der Waals surface area contributed by atoms with Gasteiger partial charge in [0.2, 0.25) is 0 Å². The molecule has 3 aromatic rings. The normalized spacial score (nSPS) is 11.6. The van der Waals surface area contributed by atoms with Crippen LogP contribution in [-0.4, -0.2) is 23.6 Å². The van der Waals surface area contributed by atoms with Crippen molar-refractivity contribution in [1.82, 2.24) is 10.5 Å². The highest BCUT2D eigenvalue weighted by molar-refractivity contribution is 5.81. The first kappa shape index (κ1) is 24.0. The number of carbonyl (C=O) groups is 2. The van der Waals surface area contributed by atoms with Crippen molar-refractivity contribution >= 4 is 11.9 Å². The zero-order valence-corrected chi connectivity index (χ0v) is 19.3.